The fourth-order valence-electron chi connectivity index (χ4n) is 1.50. The topological polar surface area (TPSA) is 101 Å². The van der Waals surface area contributed by atoms with Gasteiger partial charge >= 0.3 is 0 Å². The first-order valence-electron chi connectivity index (χ1n) is 4.60. The molecule has 0 unspecified atom stereocenters. The van der Waals surface area contributed by atoms with Gasteiger partial charge in [0.05, 0.1) is 16.5 Å². The molecule has 0 aliphatic carbocycles. The lowest BCUT2D eigenvalue weighted by Gasteiger charge is -2.06. The van der Waals surface area contributed by atoms with Gasteiger partial charge in [-0.1, -0.05) is 6.07 Å². The van der Waals surface area contributed by atoms with Crippen LogP contribution < -0.4 is 11.1 Å². The number of aromatic nitrogens is 2. The van der Waals surface area contributed by atoms with Crippen molar-refractivity contribution < 1.29 is 9.90 Å². The highest BCUT2D eigenvalue weighted by atomic mass is 16.3. The Morgan fingerprint density at radius 2 is 2.19 bits per heavy atom. The van der Waals surface area contributed by atoms with E-state index in [1.807, 2.05) is 0 Å². The molecule has 0 radical (unpaired) electrons. The standard InChI is InChI=1S/C10H10N4O2/c1-12-8(15)5-3-2-4-6-7(5)9(16)14-10(11)13-6/h2-4H,1H3,(H,12,15)(H3,11,13,14,16). The maximum atomic E-state index is 11.6. The first-order chi connectivity index (χ1) is 7.63. The van der Waals surface area contributed by atoms with Crippen LogP contribution in [0.4, 0.5) is 5.95 Å². The number of fused-ring (bicyclic) bond motifs is 1. The number of amides is 1. The molecule has 1 heterocycles. The van der Waals surface area contributed by atoms with Crippen molar-refractivity contribution >= 4 is 22.8 Å². The van der Waals surface area contributed by atoms with Gasteiger partial charge in [0.15, 0.2) is 0 Å². The van der Waals surface area contributed by atoms with Gasteiger partial charge in [0.25, 0.3) is 5.91 Å². The van der Waals surface area contributed by atoms with Crippen LogP contribution in [0.15, 0.2) is 18.2 Å². The molecule has 6 heteroatoms. The smallest absolute Gasteiger partial charge is 0.251 e. The number of carbonyl (C=O) groups is 1. The van der Waals surface area contributed by atoms with Crippen molar-refractivity contribution in [3.8, 4) is 5.88 Å². The zero-order valence-electron chi connectivity index (χ0n) is 8.56. The molecule has 0 atom stereocenters. The fourth-order valence-corrected chi connectivity index (χ4v) is 1.50. The molecule has 2 rings (SSSR count). The lowest BCUT2D eigenvalue weighted by atomic mass is 10.1. The molecule has 0 aliphatic heterocycles. The second-order valence-electron chi connectivity index (χ2n) is 3.18. The summed E-state index contributed by atoms with van der Waals surface area (Å²) in [4.78, 5) is 19.1. The Morgan fingerprint density at radius 1 is 1.44 bits per heavy atom. The predicted octanol–water partition coefficient (Wildman–Crippen LogP) is 0.277. The normalized spacial score (nSPS) is 10.3. The minimum Gasteiger partial charge on any atom is -0.493 e. The van der Waals surface area contributed by atoms with Gasteiger partial charge in [-0.2, -0.15) is 4.98 Å². The van der Waals surface area contributed by atoms with Crippen molar-refractivity contribution in [2.24, 2.45) is 0 Å². The van der Waals surface area contributed by atoms with E-state index < -0.39 is 0 Å². The molecule has 0 saturated heterocycles. The van der Waals surface area contributed by atoms with E-state index in [4.69, 9.17) is 5.73 Å². The molecule has 1 aromatic carbocycles. The molecule has 6 nitrogen and oxygen atoms in total. The lowest BCUT2D eigenvalue weighted by molar-refractivity contribution is 0.0964. The van der Waals surface area contributed by atoms with E-state index in [1.54, 1.807) is 18.2 Å². The second kappa shape index (κ2) is 3.65. The van der Waals surface area contributed by atoms with E-state index in [0.717, 1.165) is 0 Å². The number of nitrogens with one attached hydrogen (secondary N) is 1. The summed E-state index contributed by atoms with van der Waals surface area (Å²) < 4.78 is 0. The first kappa shape index (κ1) is 10.2. The van der Waals surface area contributed by atoms with Crippen LogP contribution in [0, 0.1) is 0 Å². The number of rotatable bonds is 1. The summed E-state index contributed by atoms with van der Waals surface area (Å²) in [5, 5.41) is 12.4. The van der Waals surface area contributed by atoms with E-state index in [2.05, 4.69) is 15.3 Å². The van der Waals surface area contributed by atoms with Gasteiger partial charge in [-0.3, -0.25) is 4.79 Å². The summed E-state index contributed by atoms with van der Waals surface area (Å²) in [7, 11) is 1.51. The Morgan fingerprint density at radius 3 is 2.88 bits per heavy atom. The second-order valence-corrected chi connectivity index (χ2v) is 3.18. The number of nitrogen functional groups attached to an aromatic ring is 1. The van der Waals surface area contributed by atoms with Crippen LogP contribution >= 0.6 is 0 Å². The third-order valence-electron chi connectivity index (χ3n) is 2.19. The van der Waals surface area contributed by atoms with Crippen molar-refractivity contribution in [1.29, 1.82) is 0 Å². The number of benzene rings is 1. The number of nitrogens with two attached hydrogens (primary N) is 1. The van der Waals surface area contributed by atoms with Gasteiger partial charge in [0, 0.05) is 7.05 Å². The molecule has 0 spiro atoms. The number of aromatic hydroxyl groups is 1. The highest BCUT2D eigenvalue weighted by Gasteiger charge is 2.14. The van der Waals surface area contributed by atoms with Crippen molar-refractivity contribution in [2.75, 3.05) is 12.8 Å². The van der Waals surface area contributed by atoms with Crippen LogP contribution in [0.3, 0.4) is 0 Å². The van der Waals surface area contributed by atoms with Gasteiger partial charge in [0.1, 0.15) is 0 Å². The molecule has 4 N–H and O–H groups in total. The minimum absolute atomic E-state index is 0.0287. The summed E-state index contributed by atoms with van der Waals surface area (Å²) in [6, 6.07) is 4.90. The van der Waals surface area contributed by atoms with E-state index >= 15 is 0 Å². The van der Waals surface area contributed by atoms with Crippen LogP contribution in [0.1, 0.15) is 10.4 Å². The number of nitrogens with zero attached hydrogens (tertiary/aromatic N) is 2. The monoisotopic (exact) mass is 218 g/mol. The van der Waals surface area contributed by atoms with Crippen LogP contribution in [0.5, 0.6) is 5.88 Å². The van der Waals surface area contributed by atoms with Gasteiger partial charge in [-0.05, 0) is 12.1 Å². The summed E-state index contributed by atoms with van der Waals surface area (Å²) in [5.74, 6) is -0.630. The molecule has 1 amide bonds. The van der Waals surface area contributed by atoms with Crippen LogP contribution in [0.2, 0.25) is 0 Å². The fraction of sp³-hybridized carbons (Fsp3) is 0.100. The minimum atomic E-state index is -0.311. The third kappa shape index (κ3) is 1.50. The van der Waals surface area contributed by atoms with Crippen LogP contribution in [-0.2, 0) is 0 Å². The Balaban J connectivity index is 2.81. The van der Waals surface area contributed by atoms with E-state index in [1.165, 1.54) is 7.05 Å². The Bertz CT molecular complexity index is 568. The maximum Gasteiger partial charge on any atom is 0.251 e. The highest BCUT2D eigenvalue weighted by Crippen LogP contribution is 2.25. The SMILES string of the molecule is CNC(=O)c1cccc2nc(N)nc(O)c12. The zero-order valence-corrected chi connectivity index (χ0v) is 8.56. The summed E-state index contributed by atoms with van der Waals surface area (Å²) in [5.41, 5.74) is 6.15. The number of hydrogen-bond acceptors (Lipinski definition) is 5. The molecule has 1 aromatic heterocycles. The summed E-state index contributed by atoms with van der Waals surface area (Å²) in [6.07, 6.45) is 0. The molecule has 16 heavy (non-hydrogen) atoms. The largest absolute Gasteiger partial charge is 0.493 e. The zero-order chi connectivity index (χ0) is 11.7. The van der Waals surface area contributed by atoms with Crippen molar-refractivity contribution in [3.05, 3.63) is 23.8 Å². The molecule has 0 bridgehead atoms. The average molecular weight is 218 g/mol. The molecular weight excluding hydrogens is 208 g/mol. The van der Waals surface area contributed by atoms with Crippen LogP contribution in [0.25, 0.3) is 10.9 Å². The van der Waals surface area contributed by atoms with Gasteiger partial charge in [-0.15, -0.1) is 0 Å². The third-order valence-corrected chi connectivity index (χ3v) is 2.19. The van der Waals surface area contributed by atoms with E-state index in [0.29, 0.717) is 16.5 Å². The van der Waals surface area contributed by atoms with Gasteiger partial charge in [0.2, 0.25) is 11.8 Å². The van der Waals surface area contributed by atoms with Crippen LogP contribution in [-0.4, -0.2) is 28.0 Å². The first-order valence-corrected chi connectivity index (χ1v) is 4.60. The van der Waals surface area contributed by atoms with Crippen molar-refractivity contribution in [2.45, 2.75) is 0 Å². The summed E-state index contributed by atoms with van der Waals surface area (Å²) >= 11 is 0. The highest BCUT2D eigenvalue weighted by molar-refractivity contribution is 6.07. The van der Waals surface area contributed by atoms with Crippen molar-refractivity contribution in [1.82, 2.24) is 15.3 Å². The van der Waals surface area contributed by atoms with E-state index in [-0.39, 0.29) is 17.7 Å². The maximum absolute atomic E-state index is 11.6. The number of anilines is 1. The van der Waals surface area contributed by atoms with Gasteiger partial charge in [-0.25, -0.2) is 4.98 Å². The van der Waals surface area contributed by atoms with Gasteiger partial charge < -0.3 is 16.2 Å². The number of carbonyl (C=O) groups excluding carboxylic acids is 1. The molecule has 2 aromatic rings. The Hall–Kier alpha value is -2.37. The predicted molar refractivity (Wildman–Crippen MR) is 59.0 cm³/mol. The quantitative estimate of drug-likeness (QED) is 0.638. The molecule has 0 aliphatic rings. The molecule has 82 valence electrons. The summed E-state index contributed by atoms with van der Waals surface area (Å²) in [6.45, 7) is 0. The molecule has 0 fully saturated rings. The Labute approximate surface area is 91.1 Å². The van der Waals surface area contributed by atoms with Crippen molar-refractivity contribution in [3.63, 3.8) is 0 Å². The average Bonchev–Trinajstić information content (AvgIpc) is 2.26. The van der Waals surface area contributed by atoms with E-state index in [9.17, 15) is 9.90 Å². The molecule has 0 saturated carbocycles. The Kier molecular flexibility index (Phi) is 2.32. The lowest BCUT2D eigenvalue weighted by Crippen LogP contribution is -2.18. The number of hydrogen-bond donors (Lipinski definition) is 3. The molecular formula is C10H10N4O2.